The molecular weight excluding hydrogens is 392 g/mol. The molecule has 2 nitrogen and oxygen atoms in total. The van der Waals surface area contributed by atoms with Crippen LogP contribution in [0.3, 0.4) is 0 Å². The second kappa shape index (κ2) is 6.87. The summed E-state index contributed by atoms with van der Waals surface area (Å²) in [5.41, 5.74) is 2.06. The van der Waals surface area contributed by atoms with Crippen molar-refractivity contribution in [3.63, 3.8) is 0 Å². The molecule has 11 atom stereocenters. The minimum Gasteiger partial charge on any atom is -0.393 e. The Balaban J connectivity index is 1.56. The Hall–Kier alpha value is -0.340. The summed E-state index contributed by atoms with van der Waals surface area (Å²) in [6.45, 7) is 21.4. The maximum Gasteiger partial charge on any atom is 0.0605 e. The molecular formula is C30H50O2. The van der Waals surface area contributed by atoms with E-state index in [4.69, 9.17) is 0 Å². The summed E-state index contributed by atoms with van der Waals surface area (Å²) in [6.07, 6.45) is 10.2. The highest BCUT2D eigenvalue weighted by atomic mass is 16.3. The highest BCUT2D eigenvalue weighted by Crippen LogP contribution is 2.77. The Morgan fingerprint density at radius 2 is 1.34 bits per heavy atom. The van der Waals surface area contributed by atoms with Gasteiger partial charge in [-0.15, -0.1) is 0 Å². The van der Waals surface area contributed by atoms with Gasteiger partial charge in [0.15, 0.2) is 0 Å². The molecule has 2 N–H and O–H groups in total. The van der Waals surface area contributed by atoms with Gasteiger partial charge in [-0.3, -0.25) is 0 Å². The lowest BCUT2D eigenvalue weighted by Crippen LogP contribution is -2.71. The largest absolute Gasteiger partial charge is 0.393 e. The van der Waals surface area contributed by atoms with Crippen molar-refractivity contribution in [1.82, 2.24) is 0 Å². The van der Waals surface area contributed by atoms with Gasteiger partial charge in [-0.25, -0.2) is 0 Å². The SMILES string of the molecule is C=C(C)C1CCC2(C)C1CCC1(C)C2CCC2C3(C)CCC(O)C(C)(C)C3CC(O)C21C. The van der Waals surface area contributed by atoms with Crippen LogP contribution in [0.5, 0.6) is 0 Å². The molecule has 0 radical (unpaired) electrons. The molecule has 182 valence electrons. The fourth-order valence-electron chi connectivity index (χ4n) is 11.7. The predicted molar refractivity (Wildman–Crippen MR) is 132 cm³/mol. The number of rotatable bonds is 1. The molecule has 0 spiro atoms. The van der Waals surface area contributed by atoms with Crippen molar-refractivity contribution < 1.29 is 10.2 Å². The Morgan fingerprint density at radius 1 is 0.719 bits per heavy atom. The molecule has 11 unspecified atom stereocenters. The Kier molecular flexibility index (Phi) is 5.02. The van der Waals surface area contributed by atoms with E-state index in [0.717, 1.165) is 25.2 Å². The van der Waals surface area contributed by atoms with Gasteiger partial charge in [-0.1, -0.05) is 53.7 Å². The summed E-state index contributed by atoms with van der Waals surface area (Å²) in [6, 6.07) is 0. The zero-order valence-electron chi connectivity index (χ0n) is 22.0. The maximum atomic E-state index is 12.0. The quantitative estimate of drug-likeness (QED) is 0.429. The van der Waals surface area contributed by atoms with Crippen molar-refractivity contribution in [2.45, 2.75) is 118 Å². The summed E-state index contributed by atoms with van der Waals surface area (Å²) in [5, 5.41) is 22.9. The van der Waals surface area contributed by atoms with Crippen LogP contribution in [0.4, 0.5) is 0 Å². The highest BCUT2D eigenvalue weighted by molar-refractivity contribution is 5.22. The van der Waals surface area contributed by atoms with E-state index < -0.39 is 0 Å². The van der Waals surface area contributed by atoms with Crippen molar-refractivity contribution in [1.29, 1.82) is 0 Å². The first-order chi connectivity index (χ1) is 14.7. The molecule has 0 aromatic heterocycles. The van der Waals surface area contributed by atoms with Gasteiger partial charge >= 0.3 is 0 Å². The molecule has 2 heteroatoms. The summed E-state index contributed by atoms with van der Waals surface area (Å²) in [4.78, 5) is 0. The van der Waals surface area contributed by atoms with Gasteiger partial charge in [0.1, 0.15) is 0 Å². The smallest absolute Gasteiger partial charge is 0.0605 e. The zero-order chi connectivity index (χ0) is 23.5. The number of allylic oxidation sites excluding steroid dienone is 1. The van der Waals surface area contributed by atoms with Crippen LogP contribution >= 0.6 is 0 Å². The fraction of sp³-hybridized carbons (Fsp3) is 0.933. The van der Waals surface area contributed by atoms with Crippen molar-refractivity contribution in [3.05, 3.63) is 12.2 Å². The molecule has 5 rings (SSSR count). The Bertz CT molecular complexity index is 801. The molecule has 0 saturated heterocycles. The zero-order valence-corrected chi connectivity index (χ0v) is 22.0. The minimum absolute atomic E-state index is 0.0329. The number of aliphatic hydroxyl groups is 2. The summed E-state index contributed by atoms with van der Waals surface area (Å²) in [5.74, 6) is 3.14. The van der Waals surface area contributed by atoms with E-state index in [2.05, 4.69) is 55.0 Å². The normalized spacial score (nSPS) is 58.8. The molecule has 5 saturated carbocycles. The Morgan fingerprint density at radius 3 is 2.00 bits per heavy atom. The van der Waals surface area contributed by atoms with E-state index in [1.807, 2.05) is 0 Å². The van der Waals surface area contributed by atoms with Crippen LogP contribution in [-0.2, 0) is 0 Å². The molecule has 5 aliphatic rings. The van der Waals surface area contributed by atoms with Crippen molar-refractivity contribution >= 4 is 0 Å². The number of fused-ring (bicyclic) bond motifs is 7. The Labute approximate surface area is 197 Å². The van der Waals surface area contributed by atoms with Crippen molar-refractivity contribution in [2.75, 3.05) is 0 Å². The van der Waals surface area contributed by atoms with Crippen LogP contribution in [-0.4, -0.2) is 22.4 Å². The molecule has 0 aromatic carbocycles. The topological polar surface area (TPSA) is 40.5 Å². The van der Waals surface area contributed by atoms with Gasteiger partial charge in [0.2, 0.25) is 0 Å². The van der Waals surface area contributed by atoms with Gasteiger partial charge in [-0.05, 0) is 116 Å². The van der Waals surface area contributed by atoms with Crippen LogP contribution in [0.15, 0.2) is 12.2 Å². The standard InChI is InChI=1S/C30H50O2/c1-18(2)19-11-14-27(5)20(19)12-16-29(7)21(27)9-10-22-28(6)15-13-24(31)26(3,4)23(28)17-25(32)30(22,29)8/h19-25,31-32H,1,9-17H2,2-8H3. The van der Waals surface area contributed by atoms with Crippen LogP contribution in [0.1, 0.15) is 106 Å². The van der Waals surface area contributed by atoms with Gasteiger partial charge in [-0.2, -0.15) is 0 Å². The molecule has 0 bridgehead atoms. The van der Waals surface area contributed by atoms with E-state index in [1.165, 1.54) is 44.1 Å². The van der Waals surface area contributed by atoms with Crippen LogP contribution in [0.25, 0.3) is 0 Å². The van der Waals surface area contributed by atoms with Gasteiger partial charge < -0.3 is 10.2 Å². The fourth-order valence-corrected chi connectivity index (χ4v) is 11.7. The van der Waals surface area contributed by atoms with Crippen molar-refractivity contribution in [2.24, 2.45) is 56.7 Å². The van der Waals surface area contributed by atoms with Crippen LogP contribution in [0.2, 0.25) is 0 Å². The second-order valence-electron chi connectivity index (χ2n) is 14.7. The first-order valence-electron chi connectivity index (χ1n) is 13.8. The summed E-state index contributed by atoms with van der Waals surface area (Å²) < 4.78 is 0. The highest BCUT2D eigenvalue weighted by Gasteiger charge is 2.73. The minimum atomic E-state index is -0.263. The van der Waals surface area contributed by atoms with E-state index >= 15 is 0 Å². The van der Waals surface area contributed by atoms with Gasteiger partial charge in [0, 0.05) is 5.41 Å². The first kappa shape index (κ1) is 23.4. The summed E-state index contributed by atoms with van der Waals surface area (Å²) in [7, 11) is 0. The number of hydrogen-bond donors (Lipinski definition) is 2. The van der Waals surface area contributed by atoms with E-state index in [1.54, 1.807) is 0 Å². The van der Waals surface area contributed by atoms with Crippen LogP contribution < -0.4 is 0 Å². The number of aliphatic hydroxyl groups excluding tert-OH is 2. The van der Waals surface area contributed by atoms with E-state index in [0.29, 0.717) is 29.1 Å². The number of hydrogen-bond acceptors (Lipinski definition) is 2. The van der Waals surface area contributed by atoms with Crippen molar-refractivity contribution in [3.8, 4) is 0 Å². The van der Waals surface area contributed by atoms with Gasteiger partial charge in [0.25, 0.3) is 0 Å². The second-order valence-corrected chi connectivity index (χ2v) is 14.7. The lowest BCUT2D eigenvalue weighted by molar-refractivity contribution is -0.286. The lowest BCUT2D eigenvalue weighted by atomic mass is 9.31. The first-order valence-corrected chi connectivity index (χ1v) is 13.8. The average Bonchev–Trinajstić information content (AvgIpc) is 3.06. The third-order valence-corrected chi connectivity index (χ3v) is 13.7. The molecule has 5 aliphatic carbocycles. The van der Waals surface area contributed by atoms with Gasteiger partial charge in [0.05, 0.1) is 12.2 Å². The molecule has 0 amide bonds. The lowest BCUT2D eigenvalue weighted by Gasteiger charge is -2.74. The summed E-state index contributed by atoms with van der Waals surface area (Å²) >= 11 is 0. The third-order valence-electron chi connectivity index (χ3n) is 13.7. The van der Waals surface area contributed by atoms with E-state index in [9.17, 15) is 10.2 Å². The molecule has 0 heterocycles. The maximum absolute atomic E-state index is 12.0. The predicted octanol–water partition coefficient (Wildman–Crippen LogP) is 7.00. The average molecular weight is 443 g/mol. The monoisotopic (exact) mass is 442 g/mol. The van der Waals surface area contributed by atoms with Crippen LogP contribution in [0, 0.1) is 56.7 Å². The molecule has 0 aliphatic heterocycles. The molecule has 5 fully saturated rings. The third kappa shape index (κ3) is 2.55. The molecule has 0 aromatic rings. The molecule has 32 heavy (non-hydrogen) atoms. The van der Waals surface area contributed by atoms with E-state index in [-0.39, 0.29) is 33.9 Å².